The fourth-order valence-corrected chi connectivity index (χ4v) is 5.17. The van der Waals surface area contributed by atoms with Crippen LogP contribution < -0.4 is 4.74 Å². The van der Waals surface area contributed by atoms with Gasteiger partial charge in [-0.2, -0.15) is 0 Å². The number of halogens is 2. The van der Waals surface area contributed by atoms with Crippen LogP contribution in [0.4, 0.5) is 0 Å². The molecule has 3 aromatic carbocycles. The summed E-state index contributed by atoms with van der Waals surface area (Å²) < 4.78 is 6.14. The number of thioether (sulfide) groups is 1. The Bertz CT molecular complexity index is 1300. The maximum Gasteiger partial charge on any atom is 0.331 e. The lowest BCUT2D eigenvalue weighted by Crippen LogP contribution is -2.37. The summed E-state index contributed by atoms with van der Waals surface area (Å²) in [5, 5.41) is 10.9. The SMILES string of the molecule is O=C(O)C(c1ccccc1)N1C(=O)/C(=C\c2ccccc2OCc2ccc(Cl)cc2Cl)SC1=S. The summed E-state index contributed by atoms with van der Waals surface area (Å²) in [7, 11) is 0. The van der Waals surface area contributed by atoms with Crippen LogP contribution in [0.3, 0.4) is 0 Å². The molecular weight excluding hydrogens is 513 g/mol. The third-order valence-electron chi connectivity index (χ3n) is 5.03. The van der Waals surface area contributed by atoms with Crippen molar-refractivity contribution in [2.24, 2.45) is 0 Å². The van der Waals surface area contributed by atoms with Crippen LogP contribution in [0.5, 0.6) is 5.75 Å². The minimum Gasteiger partial charge on any atom is -0.488 e. The van der Waals surface area contributed by atoms with E-state index in [1.54, 1.807) is 66.7 Å². The fraction of sp³-hybridized carbons (Fsp3) is 0.0800. The van der Waals surface area contributed by atoms with E-state index >= 15 is 0 Å². The quantitative estimate of drug-likeness (QED) is 0.274. The summed E-state index contributed by atoms with van der Waals surface area (Å²) in [5.41, 5.74) is 1.88. The first-order valence-electron chi connectivity index (χ1n) is 10.1. The van der Waals surface area contributed by atoms with E-state index < -0.39 is 17.9 Å². The summed E-state index contributed by atoms with van der Waals surface area (Å²) in [6.45, 7) is 0.205. The van der Waals surface area contributed by atoms with Gasteiger partial charge in [-0.25, -0.2) is 4.79 Å². The first kappa shape index (κ1) is 24.3. The van der Waals surface area contributed by atoms with E-state index in [9.17, 15) is 14.7 Å². The summed E-state index contributed by atoms with van der Waals surface area (Å²) >= 11 is 18.6. The zero-order valence-corrected chi connectivity index (χ0v) is 20.6. The standard InChI is InChI=1S/C25H17Cl2NO4S2/c26-18-11-10-17(19(27)13-18)14-32-20-9-5-4-8-16(20)12-21-23(29)28(25(33)34-21)22(24(30)31)15-6-2-1-3-7-15/h1-13,22H,14H2,(H,30,31)/b21-12+. The lowest BCUT2D eigenvalue weighted by Gasteiger charge is -2.23. The predicted octanol–water partition coefficient (Wildman–Crippen LogP) is 6.60. The second-order valence-electron chi connectivity index (χ2n) is 7.27. The van der Waals surface area contributed by atoms with Gasteiger partial charge in [0.2, 0.25) is 0 Å². The van der Waals surface area contributed by atoms with Gasteiger partial charge in [-0.3, -0.25) is 9.69 Å². The van der Waals surface area contributed by atoms with E-state index in [-0.39, 0.29) is 10.9 Å². The Labute approximate surface area is 215 Å². The average molecular weight is 530 g/mol. The Hall–Kier alpha value is -2.84. The minimum atomic E-state index is -1.21. The molecule has 34 heavy (non-hydrogen) atoms. The van der Waals surface area contributed by atoms with Gasteiger partial charge in [0.25, 0.3) is 5.91 Å². The molecule has 1 heterocycles. The van der Waals surface area contributed by atoms with E-state index in [1.807, 2.05) is 12.1 Å². The monoisotopic (exact) mass is 529 g/mol. The Kier molecular flexibility index (Phi) is 7.58. The number of ether oxygens (including phenoxy) is 1. The largest absolute Gasteiger partial charge is 0.488 e. The maximum absolute atomic E-state index is 13.2. The van der Waals surface area contributed by atoms with Gasteiger partial charge < -0.3 is 9.84 Å². The first-order chi connectivity index (χ1) is 16.3. The van der Waals surface area contributed by atoms with Crippen molar-refractivity contribution < 1.29 is 19.4 Å². The number of carboxylic acids is 1. The van der Waals surface area contributed by atoms with E-state index in [0.717, 1.165) is 22.2 Å². The smallest absolute Gasteiger partial charge is 0.331 e. The highest BCUT2D eigenvalue weighted by Crippen LogP contribution is 2.39. The van der Waals surface area contributed by atoms with Crippen LogP contribution in [0.25, 0.3) is 6.08 Å². The maximum atomic E-state index is 13.2. The normalized spacial score (nSPS) is 15.6. The summed E-state index contributed by atoms with van der Waals surface area (Å²) in [6, 6.07) is 19.7. The third kappa shape index (κ3) is 5.28. The Morgan fingerprint density at radius 3 is 2.50 bits per heavy atom. The van der Waals surface area contributed by atoms with Gasteiger partial charge in [0, 0.05) is 21.2 Å². The van der Waals surface area contributed by atoms with E-state index in [1.165, 1.54) is 0 Å². The average Bonchev–Trinajstić information content (AvgIpc) is 3.08. The lowest BCUT2D eigenvalue weighted by atomic mass is 10.1. The van der Waals surface area contributed by atoms with Crippen molar-refractivity contribution in [1.29, 1.82) is 0 Å². The molecule has 3 aromatic rings. The van der Waals surface area contributed by atoms with Gasteiger partial charge in [-0.15, -0.1) is 0 Å². The number of hydrogen-bond acceptors (Lipinski definition) is 5. The van der Waals surface area contributed by atoms with Gasteiger partial charge in [-0.05, 0) is 29.8 Å². The molecule has 1 amide bonds. The zero-order chi connectivity index (χ0) is 24.2. The number of carboxylic acid groups (broad SMARTS) is 1. The number of amides is 1. The predicted molar refractivity (Wildman–Crippen MR) is 139 cm³/mol. The molecule has 0 aliphatic carbocycles. The Balaban J connectivity index is 1.60. The molecule has 1 atom stereocenters. The Morgan fingerprint density at radius 1 is 1.09 bits per heavy atom. The number of benzene rings is 3. The van der Waals surface area contributed by atoms with Crippen LogP contribution in [0.1, 0.15) is 22.7 Å². The van der Waals surface area contributed by atoms with Crippen LogP contribution in [-0.2, 0) is 16.2 Å². The highest BCUT2D eigenvalue weighted by Gasteiger charge is 2.41. The molecule has 0 radical (unpaired) electrons. The summed E-state index contributed by atoms with van der Waals surface area (Å²) in [4.78, 5) is 26.7. The van der Waals surface area contributed by atoms with Crippen LogP contribution >= 0.6 is 47.2 Å². The number of hydrogen-bond donors (Lipinski definition) is 1. The lowest BCUT2D eigenvalue weighted by molar-refractivity contribution is -0.145. The van der Waals surface area contributed by atoms with Crippen molar-refractivity contribution in [1.82, 2.24) is 4.90 Å². The van der Waals surface area contributed by atoms with Crippen molar-refractivity contribution in [3.63, 3.8) is 0 Å². The Morgan fingerprint density at radius 2 is 1.79 bits per heavy atom. The topological polar surface area (TPSA) is 66.8 Å². The van der Waals surface area contributed by atoms with Crippen LogP contribution in [0.15, 0.2) is 77.7 Å². The number of carbonyl (C=O) groups excluding carboxylic acids is 1. The number of carbonyl (C=O) groups is 2. The van der Waals surface area contributed by atoms with Crippen molar-refractivity contribution in [3.8, 4) is 5.75 Å². The van der Waals surface area contributed by atoms with E-state index in [2.05, 4.69) is 0 Å². The van der Waals surface area contributed by atoms with Crippen LogP contribution in [0.2, 0.25) is 10.0 Å². The van der Waals surface area contributed by atoms with E-state index in [4.69, 9.17) is 40.2 Å². The molecule has 1 N–H and O–H groups in total. The van der Waals surface area contributed by atoms with Crippen LogP contribution in [-0.4, -0.2) is 26.2 Å². The molecule has 0 spiro atoms. The summed E-state index contributed by atoms with van der Waals surface area (Å²) in [6.07, 6.45) is 1.65. The molecule has 4 rings (SSSR count). The first-order valence-corrected chi connectivity index (χ1v) is 12.0. The highest BCUT2D eigenvalue weighted by molar-refractivity contribution is 8.26. The van der Waals surface area contributed by atoms with Gasteiger partial charge in [0.1, 0.15) is 16.7 Å². The molecular formula is C25H17Cl2NO4S2. The van der Waals surface area contributed by atoms with Crippen molar-refractivity contribution in [2.75, 3.05) is 0 Å². The highest BCUT2D eigenvalue weighted by atomic mass is 35.5. The number of nitrogens with zero attached hydrogens (tertiary/aromatic N) is 1. The number of para-hydroxylation sites is 1. The molecule has 0 aromatic heterocycles. The molecule has 1 saturated heterocycles. The molecule has 9 heteroatoms. The molecule has 172 valence electrons. The summed E-state index contributed by atoms with van der Waals surface area (Å²) in [5.74, 6) is -1.09. The second-order valence-corrected chi connectivity index (χ2v) is 9.78. The number of rotatable bonds is 7. The molecule has 1 unspecified atom stereocenters. The molecule has 1 aliphatic heterocycles. The van der Waals surface area contributed by atoms with Crippen LogP contribution in [0, 0.1) is 0 Å². The van der Waals surface area contributed by atoms with Gasteiger partial charge in [0.15, 0.2) is 6.04 Å². The zero-order valence-electron chi connectivity index (χ0n) is 17.5. The number of thiocarbonyl (C=S) groups is 1. The van der Waals surface area contributed by atoms with Gasteiger partial charge in [0.05, 0.1) is 4.91 Å². The molecule has 0 bridgehead atoms. The fourth-order valence-electron chi connectivity index (χ4n) is 3.41. The molecule has 5 nitrogen and oxygen atoms in total. The third-order valence-corrected chi connectivity index (χ3v) is 6.95. The van der Waals surface area contributed by atoms with Gasteiger partial charge >= 0.3 is 5.97 Å². The second kappa shape index (κ2) is 10.6. The minimum absolute atomic E-state index is 0.179. The van der Waals surface area contributed by atoms with E-state index in [0.29, 0.717) is 31.8 Å². The van der Waals surface area contributed by atoms with Gasteiger partial charge in [-0.1, -0.05) is 102 Å². The number of aliphatic carboxylic acids is 1. The molecule has 0 saturated carbocycles. The van der Waals surface area contributed by atoms with Crippen molar-refractivity contribution in [2.45, 2.75) is 12.6 Å². The molecule has 1 aliphatic rings. The molecule has 1 fully saturated rings. The van der Waals surface area contributed by atoms with Crippen molar-refractivity contribution in [3.05, 3.63) is 104 Å². The van der Waals surface area contributed by atoms with Crippen molar-refractivity contribution >= 4 is 69.5 Å².